The molecule has 4 nitrogen and oxygen atoms in total. The Morgan fingerprint density at radius 2 is 2.05 bits per heavy atom. The molecule has 0 bridgehead atoms. The molecule has 1 aromatic carbocycles. The number of ketones is 1. The molecule has 1 aliphatic carbocycles. The van der Waals surface area contributed by atoms with E-state index in [9.17, 15) is 9.59 Å². The van der Waals surface area contributed by atoms with Gasteiger partial charge in [0.05, 0.1) is 19.6 Å². The van der Waals surface area contributed by atoms with Gasteiger partial charge in [0.15, 0.2) is 0 Å². The highest BCUT2D eigenvalue weighted by Crippen LogP contribution is 2.36. The van der Waals surface area contributed by atoms with Crippen LogP contribution < -0.4 is 0 Å². The Kier molecular flexibility index (Phi) is 4.90. The highest BCUT2D eigenvalue weighted by atomic mass is 16.5. The van der Waals surface area contributed by atoms with E-state index in [1.54, 1.807) is 0 Å². The molecule has 4 heteroatoms. The Morgan fingerprint density at radius 1 is 1.35 bits per heavy atom. The van der Waals surface area contributed by atoms with Crippen LogP contribution in [0.5, 0.6) is 0 Å². The Morgan fingerprint density at radius 3 is 2.70 bits per heavy atom. The highest BCUT2D eigenvalue weighted by Gasteiger charge is 2.41. The summed E-state index contributed by atoms with van der Waals surface area (Å²) in [6.07, 6.45) is 0.389. The predicted octanol–water partition coefficient (Wildman–Crippen LogP) is 2.52. The molecule has 1 aliphatic rings. The van der Waals surface area contributed by atoms with E-state index in [1.807, 2.05) is 37.3 Å². The third-order valence-electron chi connectivity index (χ3n) is 4.00. The number of benzene rings is 1. The van der Waals surface area contributed by atoms with E-state index in [-0.39, 0.29) is 24.0 Å². The molecular formula is C16H20O4. The van der Waals surface area contributed by atoms with Crippen molar-refractivity contribution in [3.8, 4) is 0 Å². The van der Waals surface area contributed by atoms with Gasteiger partial charge >= 0.3 is 5.97 Å². The molecular weight excluding hydrogens is 256 g/mol. The summed E-state index contributed by atoms with van der Waals surface area (Å²) in [6, 6.07) is 9.82. The minimum absolute atomic E-state index is 0.0160. The average molecular weight is 276 g/mol. The van der Waals surface area contributed by atoms with Gasteiger partial charge in [0.2, 0.25) is 0 Å². The van der Waals surface area contributed by atoms with E-state index in [4.69, 9.17) is 9.84 Å². The summed E-state index contributed by atoms with van der Waals surface area (Å²) in [5, 5.41) is 8.91. The topological polar surface area (TPSA) is 63.6 Å². The van der Waals surface area contributed by atoms with Crippen molar-refractivity contribution < 1.29 is 19.4 Å². The van der Waals surface area contributed by atoms with E-state index < -0.39 is 11.9 Å². The SMILES string of the molecule is C[C@@H]1CC(=O)[C@H](CC(=O)O)[C@H]1COCc1ccccc1. The summed E-state index contributed by atoms with van der Waals surface area (Å²) in [5.41, 5.74) is 1.08. The van der Waals surface area contributed by atoms with Gasteiger partial charge in [0.25, 0.3) is 0 Å². The van der Waals surface area contributed by atoms with Crippen molar-refractivity contribution in [3.63, 3.8) is 0 Å². The van der Waals surface area contributed by atoms with Crippen molar-refractivity contribution in [1.82, 2.24) is 0 Å². The van der Waals surface area contributed by atoms with Crippen LogP contribution >= 0.6 is 0 Å². The molecule has 0 radical (unpaired) electrons. The highest BCUT2D eigenvalue weighted by molar-refractivity contribution is 5.87. The van der Waals surface area contributed by atoms with Gasteiger partial charge in [-0.15, -0.1) is 0 Å². The summed E-state index contributed by atoms with van der Waals surface area (Å²) < 4.78 is 5.69. The fourth-order valence-electron chi connectivity index (χ4n) is 2.88. The van der Waals surface area contributed by atoms with Crippen molar-refractivity contribution >= 4 is 11.8 Å². The fraction of sp³-hybridized carbons (Fsp3) is 0.500. The minimum atomic E-state index is -0.912. The number of carboxylic acid groups (broad SMARTS) is 1. The minimum Gasteiger partial charge on any atom is -0.481 e. The lowest BCUT2D eigenvalue weighted by Crippen LogP contribution is -2.24. The molecule has 0 spiro atoms. The molecule has 3 atom stereocenters. The maximum Gasteiger partial charge on any atom is 0.304 e. The van der Waals surface area contributed by atoms with Crippen LogP contribution in [0.1, 0.15) is 25.3 Å². The molecule has 0 amide bonds. The van der Waals surface area contributed by atoms with Gasteiger partial charge in [-0.25, -0.2) is 0 Å². The van der Waals surface area contributed by atoms with Crippen LogP contribution in [0.3, 0.4) is 0 Å². The van der Waals surface area contributed by atoms with E-state index in [0.717, 1.165) is 5.56 Å². The molecule has 0 heterocycles. The number of Topliss-reactive ketones (excluding diaryl/α,β-unsaturated/α-hetero) is 1. The Balaban J connectivity index is 1.89. The summed E-state index contributed by atoms with van der Waals surface area (Å²) in [5.74, 6) is -1.03. The molecule has 0 saturated heterocycles. The molecule has 2 rings (SSSR count). The predicted molar refractivity (Wildman–Crippen MR) is 74.1 cm³/mol. The number of carbonyl (C=O) groups is 2. The smallest absolute Gasteiger partial charge is 0.304 e. The van der Waals surface area contributed by atoms with Crippen LogP contribution in [0.4, 0.5) is 0 Å². The van der Waals surface area contributed by atoms with E-state index in [0.29, 0.717) is 19.6 Å². The van der Waals surface area contributed by atoms with Crippen molar-refractivity contribution in [2.24, 2.45) is 17.8 Å². The van der Waals surface area contributed by atoms with Crippen molar-refractivity contribution in [2.75, 3.05) is 6.61 Å². The molecule has 108 valence electrons. The first-order valence-electron chi connectivity index (χ1n) is 6.94. The lowest BCUT2D eigenvalue weighted by Gasteiger charge is -2.20. The van der Waals surface area contributed by atoms with Crippen molar-refractivity contribution in [1.29, 1.82) is 0 Å². The molecule has 20 heavy (non-hydrogen) atoms. The second kappa shape index (κ2) is 6.66. The zero-order valence-corrected chi connectivity index (χ0v) is 11.6. The molecule has 1 N–H and O–H groups in total. The summed E-state index contributed by atoms with van der Waals surface area (Å²) in [4.78, 5) is 22.7. The third kappa shape index (κ3) is 3.67. The van der Waals surface area contributed by atoms with Gasteiger partial charge in [-0.05, 0) is 17.4 Å². The number of hydrogen-bond acceptors (Lipinski definition) is 3. The second-order valence-corrected chi connectivity index (χ2v) is 5.52. The zero-order chi connectivity index (χ0) is 14.5. The third-order valence-corrected chi connectivity index (χ3v) is 4.00. The standard InChI is InChI=1S/C16H20O4/c1-11-7-15(17)13(8-16(18)19)14(11)10-20-9-12-5-3-2-4-6-12/h2-6,11,13-14H,7-10H2,1H3,(H,18,19)/t11-,13-,14+/m1/s1. The first-order chi connectivity index (χ1) is 9.58. The zero-order valence-electron chi connectivity index (χ0n) is 11.6. The number of hydrogen-bond donors (Lipinski definition) is 1. The second-order valence-electron chi connectivity index (χ2n) is 5.52. The molecule has 1 fully saturated rings. The number of carbonyl (C=O) groups excluding carboxylic acids is 1. The lowest BCUT2D eigenvalue weighted by molar-refractivity contribution is -0.141. The van der Waals surface area contributed by atoms with Crippen LogP contribution in [0.15, 0.2) is 30.3 Å². The quantitative estimate of drug-likeness (QED) is 0.867. The largest absolute Gasteiger partial charge is 0.481 e. The van der Waals surface area contributed by atoms with Crippen LogP contribution in [-0.4, -0.2) is 23.5 Å². The molecule has 0 aliphatic heterocycles. The van der Waals surface area contributed by atoms with Crippen molar-refractivity contribution in [2.45, 2.75) is 26.4 Å². The number of ether oxygens (including phenoxy) is 1. The van der Waals surface area contributed by atoms with Gasteiger partial charge in [-0.3, -0.25) is 9.59 Å². The maximum atomic E-state index is 11.8. The van der Waals surface area contributed by atoms with E-state index >= 15 is 0 Å². The van der Waals surface area contributed by atoms with E-state index in [1.165, 1.54) is 0 Å². The lowest BCUT2D eigenvalue weighted by atomic mass is 9.89. The Hall–Kier alpha value is -1.68. The molecule has 1 saturated carbocycles. The monoisotopic (exact) mass is 276 g/mol. The van der Waals surface area contributed by atoms with Gasteiger partial charge in [0.1, 0.15) is 5.78 Å². The summed E-state index contributed by atoms with van der Waals surface area (Å²) >= 11 is 0. The molecule has 0 unspecified atom stereocenters. The normalized spacial score (nSPS) is 25.9. The maximum absolute atomic E-state index is 11.8. The Bertz CT molecular complexity index is 469. The summed E-state index contributed by atoms with van der Waals surface area (Å²) in [6.45, 7) is 2.94. The van der Waals surface area contributed by atoms with Gasteiger partial charge in [-0.1, -0.05) is 37.3 Å². The van der Waals surface area contributed by atoms with Gasteiger partial charge in [0, 0.05) is 12.3 Å². The number of rotatable bonds is 6. The number of aliphatic carboxylic acids is 1. The van der Waals surface area contributed by atoms with Crippen LogP contribution in [-0.2, 0) is 20.9 Å². The molecule has 0 aromatic heterocycles. The first kappa shape index (κ1) is 14.7. The van der Waals surface area contributed by atoms with Crippen LogP contribution in [0, 0.1) is 17.8 Å². The van der Waals surface area contributed by atoms with E-state index in [2.05, 4.69) is 0 Å². The van der Waals surface area contributed by atoms with Crippen molar-refractivity contribution in [3.05, 3.63) is 35.9 Å². The van der Waals surface area contributed by atoms with Crippen LogP contribution in [0.2, 0.25) is 0 Å². The van der Waals surface area contributed by atoms with Crippen LogP contribution in [0.25, 0.3) is 0 Å². The Labute approximate surface area is 118 Å². The fourth-order valence-corrected chi connectivity index (χ4v) is 2.88. The van der Waals surface area contributed by atoms with Gasteiger partial charge < -0.3 is 9.84 Å². The first-order valence-corrected chi connectivity index (χ1v) is 6.94. The van der Waals surface area contributed by atoms with Gasteiger partial charge in [-0.2, -0.15) is 0 Å². The molecule has 1 aromatic rings. The average Bonchev–Trinajstić information content (AvgIpc) is 2.66. The number of carboxylic acids is 1. The summed E-state index contributed by atoms with van der Waals surface area (Å²) in [7, 11) is 0.